The number of benzene rings is 1. The fourth-order valence-corrected chi connectivity index (χ4v) is 2.62. The van der Waals surface area contributed by atoms with Crippen molar-refractivity contribution >= 4 is 28.2 Å². The van der Waals surface area contributed by atoms with Crippen LogP contribution in [0.2, 0.25) is 0 Å². The van der Waals surface area contributed by atoms with Gasteiger partial charge < -0.3 is 9.47 Å². The van der Waals surface area contributed by atoms with Gasteiger partial charge in [0.05, 0.1) is 14.2 Å². The first-order valence-electron chi connectivity index (χ1n) is 6.46. The largest absolute Gasteiger partial charge is 0.496 e. The first-order valence-corrected chi connectivity index (χ1v) is 7.34. The van der Waals surface area contributed by atoms with Gasteiger partial charge in [-0.2, -0.15) is 0 Å². The van der Waals surface area contributed by atoms with Crippen molar-refractivity contribution in [2.24, 2.45) is 0 Å². The van der Waals surface area contributed by atoms with E-state index < -0.39 is 0 Å². The van der Waals surface area contributed by atoms with E-state index in [1.807, 2.05) is 6.92 Å². The molecule has 7 heteroatoms. The van der Waals surface area contributed by atoms with Gasteiger partial charge in [0.25, 0.3) is 5.91 Å². The Hall–Kier alpha value is -2.41. The smallest absolute Gasteiger partial charge is 0.257 e. The summed E-state index contributed by atoms with van der Waals surface area (Å²) >= 11 is 1.20. The van der Waals surface area contributed by atoms with E-state index in [1.165, 1.54) is 32.5 Å². The lowest BCUT2D eigenvalue weighted by Gasteiger charge is -2.12. The molecule has 0 atom stereocenters. The van der Waals surface area contributed by atoms with Crippen LogP contribution in [0.1, 0.15) is 33.3 Å². The highest BCUT2D eigenvalue weighted by atomic mass is 32.1. The summed E-state index contributed by atoms with van der Waals surface area (Å²) in [5, 5.41) is 4.64. The summed E-state index contributed by atoms with van der Waals surface area (Å²) in [5.74, 6) is 0.637. The van der Waals surface area contributed by atoms with E-state index in [4.69, 9.17) is 9.47 Å². The van der Waals surface area contributed by atoms with Crippen molar-refractivity contribution in [1.29, 1.82) is 0 Å². The van der Waals surface area contributed by atoms with Gasteiger partial charge in [-0.3, -0.25) is 14.9 Å². The van der Waals surface area contributed by atoms with Crippen LogP contribution in [0.15, 0.2) is 17.5 Å². The van der Waals surface area contributed by atoms with Gasteiger partial charge in [-0.1, -0.05) is 0 Å². The van der Waals surface area contributed by atoms with E-state index in [9.17, 15) is 9.59 Å². The SMILES string of the molecule is COc1cc(C(=O)Nc2nc(C(C)=O)cs2)cc(OC)c1C. The summed E-state index contributed by atoms with van der Waals surface area (Å²) in [6.45, 7) is 3.27. The lowest BCUT2D eigenvalue weighted by atomic mass is 10.1. The van der Waals surface area contributed by atoms with E-state index in [0.717, 1.165) is 5.56 Å². The highest BCUT2D eigenvalue weighted by Gasteiger charge is 2.15. The number of ether oxygens (including phenoxy) is 2. The lowest BCUT2D eigenvalue weighted by molar-refractivity contribution is 0.100. The van der Waals surface area contributed by atoms with E-state index in [0.29, 0.717) is 27.9 Å². The standard InChI is InChI=1S/C15H16N2O4S/c1-8-12(20-3)5-10(6-13(8)21-4)14(19)17-15-16-11(7-22-15)9(2)18/h5-7H,1-4H3,(H,16,17,19). The highest BCUT2D eigenvalue weighted by Crippen LogP contribution is 2.30. The highest BCUT2D eigenvalue weighted by molar-refractivity contribution is 7.14. The molecule has 0 radical (unpaired) electrons. The topological polar surface area (TPSA) is 77.5 Å². The van der Waals surface area contributed by atoms with E-state index in [2.05, 4.69) is 10.3 Å². The monoisotopic (exact) mass is 320 g/mol. The van der Waals surface area contributed by atoms with Crippen LogP contribution in [0, 0.1) is 6.92 Å². The van der Waals surface area contributed by atoms with Crippen LogP contribution in [0.3, 0.4) is 0 Å². The minimum Gasteiger partial charge on any atom is -0.496 e. The third kappa shape index (κ3) is 3.25. The van der Waals surface area contributed by atoms with Crippen molar-refractivity contribution in [2.45, 2.75) is 13.8 Å². The molecule has 1 amide bonds. The molecule has 0 saturated carbocycles. The molecule has 0 spiro atoms. The normalized spacial score (nSPS) is 10.2. The average molecular weight is 320 g/mol. The molecule has 0 bridgehead atoms. The maximum Gasteiger partial charge on any atom is 0.257 e. The molecule has 2 rings (SSSR count). The molecule has 116 valence electrons. The third-order valence-electron chi connectivity index (χ3n) is 3.10. The molecule has 0 aliphatic carbocycles. The van der Waals surface area contributed by atoms with Crippen LogP contribution in [0.25, 0.3) is 0 Å². The van der Waals surface area contributed by atoms with Gasteiger partial charge in [-0.05, 0) is 19.1 Å². The Kier molecular flexibility index (Phi) is 4.77. The molecule has 0 aliphatic heterocycles. The van der Waals surface area contributed by atoms with E-state index in [1.54, 1.807) is 17.5 Å². The molecule has 0 fully saturated rings. The fraction of sp³-hybridized carbons (Fsp3) is 0.267. The van der Waals surface area contributed by atoms with Crippen LogP contribution < -0.4 is 14.8 Å². The predicted molar refractivity (Wildman–Crippen MR) is 84.4 cm³/mol. The van der Waals surface area contributed by atoms with Crippen molar-refractivity contribution in [1.82, 2.24) is 4.98 Å². The Morgan fingerprint density at radius 3 is 2.23 bits per heavy atom. The number of thiazole rings is 1. The lowest BCUT2D eigenvalue weighted by Crippen LogP contribution is -2.12. The number of aromatic nitrogens is 1. The number of nitrogens with one attached hydrogen (secondary N) is 1. The number of amides is 1. The number of hydrogen-bond donors (Lipinski definition) is 1. The van der Waals surface area contributed by atoms with Crippen molar-refractivity contribution in [3.63, 3.8) is 0 Å². The maximum atomic E-state index is 12.3. The second-order valence-corrected chi connectivity index (χ2v) is 5.41. The Morgan fingerprint density at radius 1 is 1.18 bits per heavy atom. The number of carbonyl (C=O) groups excluding carboxylic acids is 2. The van der Waals surface area contributed by atoms with E-state index in [-0.39, 0.29) is 11.7 Å². The van der Waals surface area contributed by atoms with Crippen molar-refractivity contribution in [2.75, 3.05) is 19.5 Å². The Morgan fingerprint density at radius 2 is 1.77 bits per heavy atom. The molecular weight excluding hydrogens is 304 g/mol. The number of methoxy groups -OCH3 is 2. The number of Topliss-reactive ketones (excluding diaryl/α,β-unsaturated/α-hetero) is 1. The summed E-state index contributed by atoms with van der Waals surface area (Å²) in [5.41, 5.74) is 1.54. The Balaban J connectivity index is 2.26. The van der Waals surface area contributed by atoms with Crippen LogP contribution >= 0.6 is 11.3 Å². The molecule has 1 aromatic heterocycles. The second kappa shape index (κ2) is 6.57. The molecule has 1 heterocycles. The Labute approximate surface area is 132 Å². The van der Waals surface area contributed by atoms with Gasteiger partial charge in [0.2, 0.25) is 0 Å². The maximum absolute atomic E-state index is 12.3. The minimum atomic E-state index is -0.346. The summed E-state index contributed by atoms with van der Waals surface area (Å²) in [4.78, 5) is 27.6. The second-order valence-electron chi connectivity index (χ2n) is 4.55. The van der Waals surface area contributed by atoms with Crippen molar-refractivity contribution < 1.29 is 19.1 Å². The molecule has 1 aromatic carbocycles. The number of anilines is 1. The van der Waals surface area contributed by atoms with Gasteiger partial charge in [0, 0.05) is 23.4 Å². The molecule has 0 saturated heterocycles. The first-order chi connectivity index (χ1) is 10.5. The molecule has 0 unspecified atom stereocenters. The summed E-state index contributed by atoms with van der Waals surface area (Å²) in [6.07, 6.45) is 0. The van der Waals surface area contributed by atoms with Gasteiger partial charge in [-0.15, -0.1) is 11.3 Å². The number of rotatable bonds is 5. The molecule has 0 aliphatic rings. The molecular formula is C15H16N2O4S. The van der Waals surface area contributed by atoms with Crippen LogP contribution in [-0.2, 0) is 0 Å². The van der Waals surface area contributed by atoms with Crippen LogP contribution in [-0.4, -0.2) is 30.9 Å². The first kappa shape index (κ1) is 16.0. The molecule has 6 nitrogen and oxygen atoms in total. The molecule has 1 N–H and O–H groups in total. The van der Waals surface area contributed by atoms with Crippen LogP contribution in [0.4, 0.5) is 5.13 Å². The minimum absolute atomic E-state index is 0.143. The number of hydrogen-bond acceptors (Lipinski definition) is 6. The quantitative estimate of drug-likeness (QED) is 0.857. The zero-order chi connectivity index (χ0) is 16.3. The number of ketones is 1. The van der Waals surface area contributed by atoms with E-state index >= 15 is 0 Å². The molecule has 2 aromatic rings. The van der Waals surface area contributed by atoms with Gasteiger partial charge in [0.1, 0.15) is 17.2 Å². The fourth-order valence-electron chi connectivity index (χ4n) is 1.88. The third-order valence-corrected chi connectivity index (χ3v) is 3.86. The summed E-state index contributed by atoms with van der Waals surface area (Å²) < 4.78 is 10.5. The van der Waals surface area contributed by atoms with Gasteiger partial charge in [-0.25, -0.2) is 4.98 Å². The number of nitrogens with zero attached hydrogens (tertiary/aromatic N) is 1. The number of carbonyl (C=O) groups is 2. The van der Waals surface area contributed by atoms with Crippen molar-refractivity contribution in [3.8, 4) is 11.5 Å². The summed E-state index contributed by atoms with van der Waals surface area (Å²) in [7, 11) is 3.06. The zero-order valence-electron chi connectivity index (χ0n) is 12.7. The van der Waals surface area contributed by atoms with Crippen molar-refractivity contribution in [3.05, 3.63) is 34.3 Å². The van der Waals surface area contributed by atoms with Crippen LogP contribution in [0.5, 0.6) is 11.5 Å². The zero-order valence-corrected chi connectivity index (χ0v) is 13.5. The van der Waals surface area contributed by atoms with Gasteiger partial charge in [0.15, 0.2) is 10.9 Å². The van der Waals surface area contributed by atoms with Gasteiger partial charge >= 0.3 is 0 Å². The predicted octanol–water partition coefficient (Wildman–Crippen LogP) is 2.92. The Bertz CT molecular complexity index is 699. The summed E-state index contributed by atoms with van der Waals surface area (Å²) in [6, 6.07) is 3.26. The average Bonchev–Trinajstić information content (AvgIpc) is 2.96. The molecule has 22 heavy (non-hydrogen) atoms.